The molecule has 2 atom stereocenters. The van der Waals surface area contributed by atoms with Gasteiger partial charge in [-0.2, -0.15) is 13.2 Å². The highest BCUT2D eigenvalue weighted by atomic mass is 19.4. The molecule has 3 rings (SSSR count). The van der Waals surface area contributed by atoms with Gasteiger partial charge in [-0.05, 0) is 37.6 Å². The number of aliphatic imine (C=N–C) groups is 1. The van der Waals surface area contributed by atoms with Gasteiger partial charge in [0.15, 0.2) is 0 Å². The summed E-state index contributed by atoms with van der Waals surface area (Å²) in [7, 11) is 1.19. The number of esters is 1. The van der Waals surface area contributed by atoms with E-state index in [1.807, 2.05) is 0 Å². The minimum atomic E-state index is -4.49. The number of hydrogen-bond donors (Lipinski definition) is 1. The molecule has 2 aromatic carbocycles. The lowest BCUT2D eigenvalue weighted by Crippen LogP contribution is -2.35. The van der Waals surface area contributed by atoms with Gasteiger partial charge in [0.25, 0.3) is 0 Å². The summed E-state index contributed by atoms with van der Waals surface area (Å²) >= 11 is 0. The molecule has 0 fully saturated rings. The molecule has 2 unspecified atom stereocenters. The molecule has 6 nitrogen and oxygen atoms in total. The third kappa shape index (κ3) is 5.08. The minimum absolute atomic E-state index is 0.0885. The predicted molar refractivity (Wildman–Crippen MR) is 114 cm³/mol. The summed E-state index contributed by atoms with van der Waals surface area (Å²) in [4.78, 5) is 28.9. The van der Waals surface area contributed by atoms with Crippen molar-refractivity contribution in [3.8, 4) is 5.75 Å². The maximum atomic E-state index is 13.0. The van der Waals surface area contributed by atoms with Crippen molar-refractivity contribution in [3.05, 3.63) is 76.5 Å². The highest BCUT2D eigenvalue weighted by Gasteiger charge is 2.42. The van der Waals surface area contributed by atoms with Crippen LogP contribution in [0.3, 0.4) is 0 Å². The molecular weight excluding hydrogens is 439 g/mol. The molecule has 9 heteroatoms. The van der Waals surface area contributed by atoms with Gasteiger partial charge in [-0.1, -0.05) is 30.3 Å². The second-order valence-corrected chi connectivity index (χ2v) is 7.56. The third-order valence-corrected chi connectivity index (χ3v) is 5.40. The maximum Gasteiger partial charge on any atom is 0.416 e. The molecule has 1 N–H and O–H groups in total. The van der Waals surface area contributed by atoms with Crippen LogP contribution in [0.15, 0.2) is 64.8 Å². The highest BCUT2D eigenvalue weighted by Crippen LogP contribution is 2.43. The van der Waals surface area contributed by atoms with E-state index in [1.54, 1.807) is 38.1 Å². The van der Waals surface area contributed by atoms with Crippen molar-refractivity contribution in [3.63, 3.8) is 0 Å². The number of para-hydroxylation sites is 1. The summed E-state index contributed by atoms with van der Waals surface area (Å²) in [6.07, 6.45) is -4.49. The Kier molecular flexibility index (Phi) is 6.90. The maximum absolute atomic E-state index is 13.0. The van der Waals surface area contributed by atoms with E-state index in [0.717, 1.165) is 12.1 Å². The minimum Gasteiger partial charge on any atom is -0.489 e. The van der Waals surface area contributed by atoms with Crippen molar-refractivity contribution in [2.45, 2.75) is 32.5 Å². The van der Waals surface area contributed by atoms with Gasteiger partial charge in [-0.3, -0.25) is 9.79 Å². The molecule has 0 radical (unpaired) electrons. The van der Waals surface area contributed by atoms with Crippen LogP contribution in [0.1, 0.15) is 36.5 Å². The normalized spacial score (nSPS) is 18.5. The average molecular weight is 461 g/mol. The fraction of sp³-hybridized carbons (Fsp3) is 0.292. The molecule has 2 aromatic rings. The number of carboxylic acid groups (broad SMARTS) is 1. The van der Waals surface area contributed by atoms with Crippen LogP contribution < -0.4 is 4.74 Å². The first-order valence-corrected chi connectivity index (χ1v) is 9.99. The molecule has 0 saturated heterocycles. The van der Waals surface area contributed by atoms with Gasteiger partial charge >= 0.3 is 18.1 Å². The number of methoxy groups -OCH3 is 1. The number of aliphatic carboxylic acids is 1. The van der Waals surface area contributed by atoms with Gasteiger partial charge in [0.1, 0.15) is 18.3 Å². The number of benzene rings is 2. The molecule has 0 aromatic heterocycles. The molecule has 0 saturated carbocycles. The molecule has 0 amide bonds. The molecule has 174 valence electrons. The monoisotopic (exact) mass is 461 g/mol. The fourth-order valence-corrected chi connectivity index (χ4v) is 3.94. The molecule has 0 aliphatic carbocycles. The summed E-state index contributed by atoms with van der Waals surface area (Å²) in [5.41, 5.74) is 0.612. The van der Waals surface area contributed by atoms with Crippen molar-refractivity contribution in [1.29, 1.82) is 0 Å². The molecule has 1 heterocycles. The number of rotatable bonds is 6. The molecule has 0 spiro atoms. The number of carbonyl (C=O) groups excluding carboxylic acids is 1. The third-order valence-electron chi connectivity index (χ3n) is 5.40. The second-order valence-electron chi connectivity index (χ2n) is 7.56. The Hall–Kier alpha value is -3.62. The summed E-state index contributed by atoms with van der Waals surface area (Å²) in [5, 5.41) is 9.90. The quantitative estimate of drug-likeness (QED) is 0.613. The fourth-order valence-electron chi connectivity index (χ4n) is 3.94. The number of halogens is 3. The van der Waals surface area contributed by atoms with E-state index in [4.69, 9.17) is 9.47 Å². The van der Waals surface area contributed by atoms with Gasteiger partial charge in [0.2, 0.25) is 0 Å². The van der Waals surface area contributed by atoms with E-state index in [-0.39, 0.29) is 23.5 Å². The zero-order chi connectivity index (χ0) is 24.3. The number of carboxylic acids is 1. The van der Waals surface area contributed by atoms with Crippen molar-refractivity contribution in [2.24, 2.45) is 10.9 Å². The van der Waals surface area contributed by atoms with Crippen LogP contribution >= 0.6 is 0 Å². The number of hydrogen-bond acceptors (Lipinski definition) is 5. The first-order chi connectivity index (χ1) is 15.5. The van der Waals surface area contributed by atoms with Crippen LogP contribution in [0.4, 0.5) is 13.2 Å². The predicted octanol–water partition coefficient (Wildman–Crippen LogP) is 4.99. The van der Waals surface area contributed by atoms with Crippen molar-refractivity contribution >= 4 is 17.7 Å². The van der Waals surface area contributed by atoms with Gasteiger partial charge in [0, 0.05) is 22.9 Å². The van der Waals surface area contributed by atoms with Crippen molar-refractivity contribution in [1.82, 2.24) is 0 Å². The number of alkyl halides is 3. The van der Waals surface area contributed by atoms with Crippen molar-refractivity contribution in [2.75, 3.05) is 7.11 Å². The molecule has 1 aliphatic rings. The molecule has 0 bridgehead atoms. The first-order valence-electron chi connectivity index (χ1n) is 9.99. The van der Waals surface area contributed by atoms with Crippen LogP contribution in [0.25, 0.3) is 0 Å². The lowest BCUT2D eigenvalue weighted by atomic mass is 9.75. The van der Waals surface area contributed by atoms with E-state index in [0.29, 0.717) is 17.0 Å². The zero-order valence-electron chi connectivity index (χ0n) is 18.1. The Morgan fingerprint density at radius 3 is 2.42 bits per heavy atom. The molecular formula is C24H22F3NO5. The van der Waals surface area contributed by atoms with Crippen LogP contribution in [0, 0.1) is 5.92 Å². The van der Waals surface area contributed by atoms with Gasteiger partial charge in [-0.25, -0.2) is 4.79 Å². The van der Waals surface area contributed by atoms with Crippen LogP contribution in [0.5, 0.6) is 5.75 Å². The van der Waals surface area contributed by atoms with E-state index in [1.165, 1.54) is 19.2 Å². The Morgan fingerprint density at radius 2 is 1.79 bits per heavy atom. The Labute approximate surface area is 188 Å². The number of nitrogens with zero attached hydrogens (tertiary/aromatic N) is 1. The summed E-state index contributed by atoms with van der Waals surface area (Å²) in [6, 6.07) is 11.3. The SMILES string of the molecule is COC(=O)C1=C(C)N=C(C)C(C(=O)O)C1c1ccccc1OCc1cccc(C(F)(F)F)c1. The Balaban J connectivity index is 2.02. The zero-order valence-corrected chi connectivity index (χ0v) is 18.1. The van der Waals surface area contributed by atoms with Gasteiger partial charge in [0.05, 0.1) is 18.2 Å². The smallest absolute Gasteiger partial charge is 0.416 e. The number of carbonyl (C=O) groups is 2. The van der Waals surface area contributed by atoms with Gasteiger partial charge < -0.3 is 14.6 Å². The lowest BCUT2D eigenvalue weighted by Gasteiger charge is -2.31. The highest BCUT2D eigenvalue weighted by molar-refractivity contribution is 6.06. The number of ether oxygens (including phenoxy) is 2. The molecule has 1 aliphatic heterocycles. The summed E-state index contributed by atoms with van der Waals surface area (Å²) in [5.74, 6) is -3.75. The van der Waals surface area contributed by atoms with E-state index < -0.39 is 35.5 Å². The van der Waals surface area contributed by atoms with Gasteiger partial charge in [-0.15, -0.1) is 0 Å². The summed E-state index contributed by atoms with van der Waals surface area (Å²) in [6.45, 7) is 2.97. The largest absolute Gasteiger partial charge is 0.489 e. The van der Waals surface area contributed by atoms with Crippen LogP contribution in [-0.4, -0.2) is 29.9 Å². The lowest BCUT2D eigenvalue weighted by molar-refractivity contribution is -0.140. The number of allylic oxidation sites excluding steroid dienone is 1. The van der Waals surface area contributed by atoms with E-state index >= 15 is 0 Å². The van der Waals surface area contributed by atoms with E-state index in [9.17, 15) is 27.9 Å². The van der Waals surface area contributed by atoms with Crippen LogP contribution in [-0.2, 0) is 27.1 Å². The Bertz CT molecular complexity index is 1140. The average Bonchev–Trinajstić information content (AvgIpc) is 2.76. The standard InChI is InChI=1S/C24H22F3NO5/c1-13-19(22(29)30)21(20(14(2)28-13)23(31)32-3)17-9-4-5-10-18(17)33-12-15-7-6-8-16(11-15)24(25,26)27/h4-11,19,21H,12H2,1-3H3,(H,29,30). The second kappa shape index (κ2) is 9.48. The van der Waals surface area contributed by atoms with Crippen molar-refractivity contribution < 1.29 is 37.3 Å². The summed E-state index contributed by atoms with van der Waals surface area (Å²) < 4.78 is 49.8. The molecule has 33 heavy (non-hydrogen) atoms. The van der Waals surface area contributed by atoms with Crippen LogP contribution in [0.2, 0.25) is 0 Å². The Morgan fingerprint density at radius 1 is 1.09 bits per heavy atom. The van der Waals surface area contributed by atoms with E-state index in [2.05, 4.69) is 4.99 Å². The topological polar surface area (TPSA) is 85.2 Å². The first kappa shape index (κ1) is 24.0.